The van der Waals surface area contributed by atoms with Crippen molar-refractivity contribution in [3.8, 4) is 5.75 Å². The minimum absolute atomic E-state index is 0.110. The molecule has 2 rings (SSSR count). The average molecular weight is 357 g/mol. The number of nitro benzene ring substituents is 1. The summed E-state index contributed by atoms with van der Waals surface area (Å²) < 4.78 is 9.83. The SMILES string of the molecule is CCOC(=O)N/N=C/c1ccc(OC(=O)c2ccc([N+](=O)[O-])cc2)cc1. The predicted octanol–water partition coefficient (Wildman–Crippen LogP) is 2.89. The quantitative estimate of drug-likeness (QED) is 0.279. The lowest BCUT2D eigenvalue weighted by Crippen LogP contribution is -2.18. The highest BCUT2D eigenvalue weighted by molar-refractivity contribution is 5.91. The summed E-state index contributed by atoms with van der Waals surface area (Å²) in [5.74, 6) is -0.339. The van der Waals surface area contributed by atoms with E-state index >= 15 is 0 Å². The standard InChI is InChI=1S/C17H15N3O6/c1-2-25-17(22)19-18-11-12-3-9-15(10-4-12)26-16(21)13-5-7-14(8-6-13)20(23)24/h3-11H,2H2,1H3,(H,19,22)/b18-11+. The summed E-state index contributed by atoms with van der Waals surface area (Å²) in [6.45, 7) is 1.93. The maximum atomic E-state index is 12.0. The van der Waals surface area contributed by atoms with Gasteiger partial charge in [0, 0.05) is 12.1 Å². The summed E-state index contributed by atoms with van der Waals surface area (Å²) in [6.07, 6.45) is 0.746. The molecule has 0 bridgehead atoms. The average Bonchev–Trinajstić information content (AvgIpc) is 2.63. The number of nitrogens with one attached hydrogen (secondary N) is 1. The maximum Gasteiger partial charge on any atom is 0.427 e. The molecule has 0 fully saturated rings. The van der Waals surface area contributed by atoms with Gasteiger partial charge in [-0.15, -0.1) is 0 Å². The Kier molecular flexibility index (Phi) is 6.38. The molecule has 9 nitrogen and oxygen atoms in total. The van der Waals surface area contributed by atoms with Gasteiger partial charge < -0.3 is 9.47 Å². The lowest BCUT2D eigenvalue weighted by atomic mass is 10.2. The molecule has 0 saturated carbocycles. The van der Waals surface area contributed by atoms with Gasteiger partial charge in [0.1, 0.15) is 5.75 Å². The smallest absolute Gasteiger partial charge is 0.427 e. The van der Waals surface area contributed by atoms with Gasteiger partial charge in [-0.2, -0.15) is 5.10 Å². The van der Waals surface area contributed by atoms with Crippen molar-refractivity contribution in [2.24, 2.45) is 5.10 Å². The summed E-state index contributed by atoms with van der Waals surface area (Å²) in [4.78, 5) is 33.1. The maximum absolute atomic E-state index is 12.0. The number of nitro groups is 1. The first-order valence-electron chi connectivity index (χ1n) is 7.52. The predicted molar refractivity (Wildman–Crippen MR) is 92.2 cm³/mol. The van der Waals surface area contributed by atoms with Gasteiger partial charge in [-0.05, 0) is 48.9 Å². The fraction of sp³-hybridized carbons (Fsp3) is 0.118. The monoisotopic (exact) mass is 357 g/mol. The van der Waals surface area contributed by atoms with Crippen molar-refractivity contribution < 1.29 is 24.0 Å². The molecular formula is C17H15N3O6. The van der Waals surface area contributed by atoms with E-state index in [0.717, 1.165) is 0 Å². The van der Waals surface area contributed by atoms with Gasteiger partial charge in [-0.25, -0.2) is 15.0 Å². The van der Waals surface area contributed by atoms with Gasteiger partial charge in [0.05, 0.1) is 23.3 Å². The third-order valence-corrected chi connectivity index (χ3v) is 3.05. The highest BCUT2D eigenvalue weighted by atomic mass is 16.6. The largest absolute Gasteiger partial charge is 0.449 e. The Morgan fingerprint density at radius 1 is 1.15 bits per heavy atom. The number of benzene rings is 2. The summed E-state index contributed by atoms with van der Waals surface area (Å²) in [6, 6.07) is 11.5. The van der Waals surface area contributed by atoms with Crippen LogP contribution in [0.2, 0.25) is 0 Å². The Morgan fingerprint density at radius 3 is 2.38 bits per heavy atom. The lowest BCUT2D eigenvalue weighted by molar-refractivity contribution is -0.384. The first-order valence-corrected chi connectivity index (χ1v) is 7.52. The highest BCUT2D eigenvalue weighted by Crippen LogP contribution is 2.16. The van der Waals surface area contributed by atoms with Gasteiger partial charge in [-0.1, -0.05) is 0 Å². The van der Waals surface area contributed by atoms with Crippen LogP contribution in [0.3, 0.4) is 0 Å². The van der Waals surface area contributed by atoms with Gasteiger partial charge in [0.2, 0.25) is 0 Å². The number of rotatable bonds is 6. The first-order chi connectivity index (χ1) is 12.5. The van der Waals surface area contributed by atoms with Crippen LogP contribution in [-0.4, -0.2) is 29.8 Å². The summed E-state index contributed by atoms with van der Waals surface area (Å²) >= 11 is 0. The summed E-state index contributed by atoms with van der Waals surface area (Å²) in [5.41, 5.74) is 2.94. The zero-order valence-corrected chi connectivity index (χ0v) is 13.7. The molecule has 2 aromatic rings. The number of hydrazone groups is 1. The highest BCUT2D eigenvalue weighted by Gasteiger charge is 2.11. The van der Waals surface area contributed by atoms with E-state index < -0.39 is 17.0 Å². The van der Waals surface area contributed by atoms with Crippen LogP contribution in [0.1, 0.15) is 22.8 Å². The van der Waals surface area contributed by atoms with E-state index in [1.165, 1.54) is 30.5 Å². The number of hydrogen-bond acceptors (Lipinski definition) is 7. The molecule has 0 aliphatic heterocycles. The van der Waals surface area contributed by atoms with Crippen LogP contribution in [0, 0.1) is 10.1 Å². The molecule has 0 atom stereocenters. The van der Waals surface area contributed by atoms with E-state index in [1.807, 2.05) is 0 Å². The van der Waals surface area contributed by atoms with E-state index in [9.17, 15) is 19.7 Å². The zero-order valence-electron chi connectivity index (χ0n) is 13.7. The Labute approximate surface area is 148 Å². The van der Waals surface area contributed by atoms with E-state index in [-0.39, 0.29) is 17.9 Å². The van der Waals surface area contributed by atoms with Crippen molar-refractivity contribution in [2.75, 3.05) is 6.61 Å². The van der Waals surface area contributed by atoms with Gasteiger partial charge in [0.25, 0.3) is 5.69 Å². The third kappa shape index (κ3) is 5.41. The van der Waals surface area contributed by atoms with Crippen LogP contribution in [0.4, 0.5) is 10.5 Å². The molecule has 0 saturated heterocycles. The molecule has 0 aliphatic rings. The number of ether oxygens (including phenoxy) is 2. The van der Waals surface area contributed by atoms with Crippen LogP contribution in [0.5, 0.6) is 5.75 Å². The van der Waals surface area contributed by atoms with Gasteiger partial charge in [-0.3, -0.25) is 10.1 Å². The number of carbonyl (C=O) groups is 2. The number of non-ortho nitro benzene ring substituents is 1. The first kappa shape index (κ1) is 18.6. The van der Waals surface area contributed by atoms with E-state index in [4.69, 9.17) is 4.74 Å². The fourth-order valence-corrected chi connectivity index (χ4v) is 1.83. The van der Waals surface area contributed by atoms with Crippen molar-refractivity contribution in [1.29, 1.82) is 0 Å². The minimum Gasteiger partial charge on any atom is -0.449 e. The molecule has 1 N–H and O–H groups in total. The van der Waals surface area contributed by atoms with Crippen LogP contribution < -0.4 is 10.2 Å². The number of carbonyl (C=O) groups excluding carboxylic acids is 2. The summed E-state index contributed by atoms with van der Waals surface area (Å²) in [5, 5.41) is 14.3. The molecule has 1 amide bonds. The molecular weight excluding hydrogens is 342 g/mol. The topological polar surface area (TPSA) is 120 Å². The molecule has 0 aromatic heterocycles. The molecule has 0 aliphatic carbocycles. The molecule has 2 aromatic carbocycles. The third-order valence-electron chi connectivity index (χ3n) is 3.05. The molecule has 0 heterocycles. The van der Waals surface area contributed by atoms with Crippen molar-refractivity contribution in [3.05, 3.63) is 69.8 Å². The molecule has 134 valence electrons. The number of nitrogens with zero attached hydrogens (tertiary/aromatic N) is 2. The van der Waals surface area contributed by atoms with Crippen LogP contribution in [-0.2, 0) is 4.74 Å². The summed E-state index contributed by atoms with van der Waals surface area (Å²) in [7, 11) is 0. The number of amides is 1. The Hall–Kier alpha value is -3.75. The van der Waals surface area contributed by atoms with Gasteiger partial charge in [0.15, 0.2) is 0 Å². The minimum atomic E-state index is -0.655. The molecule has 9 heteroatoms. The van der Waals surface area contributed by atoms with E-state index in [0.29, 0.717) is 11.3 Å². The molecule has 0 spiro atoms. The zero-order chi connectivity index (χ0) is 18.9. The second kappa shape index (κ2) is 8.92. The van der Waals surface area contributed by atoms with E-state index in [1.54, 1.807) is 31.2 Å². The van der Waals surface area contributed by atoms with Crippen LogP contribution in [0.25, 0.3) is 0 Å². The van der Waals surface area contributed by atoms with Crippen molar-refractivity contribution in [3.63, 3.8) is 0 Å². The second-order valence-electron chi connectivity index (χ2n) is 4.85. The van der Waals surface area contributed by atoms with Crippen LogP contribution in [0.15, 0.2) is 53.6 Å². The number of hydrogen-bond donors (Lipinski definition) is 1. The van der Waals surface area contributed by atoms with Crippen molar-refractivity contribution >= 4 is 24.0 Å². The Balaban J connectivity index is 1.93. The van der Waals surface area contributed by atoms with Gasteiger partial charge >= 0.3 is 12.1 Å². The Bertz CT molecular complexity index is 815. The second-order valence-corrected chi connectivity index (χ2v) is 4.85. The molecule has 26 heavy (non-hydrogen) atoms. The molecule has 0 radical (unpaired) electrons. The number of esters is 1. The lowest BCUT2D eigenvalue weighted by Gasteiger charge is -2.04. The Morgan fingerprint density at radius 2 is 1.81 bits per heavy atom. The van der Waals surface area contributed by atoms with Crippen molar-refractivity contribution in [2.45, 2.75) is 6.92 Å². The van der Waals surface area contributed by atoms with Crippen LogP contribution >= 0.6 is 0 Å². The normalized spacial score (nSPS) is 10.3. The van der Waals surface area contributed by atoms with Crippen molar-refractivity contribution in [1.82, 2.24) is 5.43 Å². The fourth-order valence-electron chi connectivity index (χ4n) is 1.83. The van der Waals surface area contributed by atoms with E-state index in [2.05, 4.69) is 15.3 Å². The molecule has 0 unspecified atom stereocenters.